The average molecular weight is 246 g/mol. The van der Waals surface area contributed by atoms with Crippen LogP contribution in [-0.4, -0.2) is 28.4 Å². The van der Waals surface area contributed by atoms with Crippen LogP contribution in [0.1, 0.15) is 26.2 Å². The molecule has 3 nitrogen and oxygen atoms in total. The Morgan fingerprint density at radius 2 is 2.40 bits per heavy atom. The van der Waals surface area contributed by atoms with Gasteiger partial charge in [0.25, 0.3) is 0 Å². The molecule has 0 bridgehead atoms. The predicted octanol–water partition coefficient (Wildman–Crippen LogP) is 1.31. The van der Waals surface area contributed by atoms with Gasteiger partial charge in [-0.1, -0.05) is 18.6 Å². The summed E-state index contributed by atoms with van der Waals surface area (Å²) in [6.45, 7) is 2.49. The number of nitrogens with one attached hydrogen (secondary N) is 1. The molecule has 1 aliphatic heterocycles. The van der Waals surface area contributed by atoms with E-state index in [0.29, 0.717) is 5.25 Å². The van der Waals surface area contributed by atoms with Gasteiger partial charge in [-0.3, -0.25) is 4.79 Å². The number of rotatable bonds is 4. The van der Waals surface area contributed by atoms with Crippen LogP contribution in [0.2, 0.25) is 0 Å². The highest BCUT2D eigenvalue weighted by atomic mass is 32.2. The number of thioether (sulfide) groups is 1. The number of nitrogens with two attached hydrogens (primary N) is 1. The van der Waals surface area contributed by atoms with E-state index >= 15 is 0 Å². The van der Waals surface area contributed by atoms with E-state index in [1.165, 1.54) is 25.0 Å². The van der Waals surface area contributed by atoms with Crippen LogP contribution < -0.4 is 11.1 Å². The van der Waals surface area contributed by atoms with Crippen molar-refractivity contribution in [1.29, 1.82) is 0 Å². The highest BCUT2D eigenvalue weighted by Gasteiger charge is 2.18. The Balaban J connectivity index is 2.23. The highest BCUT2D eigenvalue weighted by molar-refractivity contribution is 7.99. The van der Waals surface area contributed by atoms with Gasteiger partial charge in [-0.2, -0.15) is 11.8 Å². The Morgan fingerprint density at radius 3 is 2.93 bits per heavy atom. The van der Waals surface area contributed by atoms with E-state index in [4.69, 9.17) is 18.0 Å². The molecule has 1 saturated heterocycles. The lowest BCUT2D eigenvalue weighted by Gasteiger charge is -2.22. The molecule has 15 heavy (non-hydrogen) atoms. The SMILES string of the molecule is CC(C(=O)NCC1CCCCS1)C(N)=S. The zero-order valence-electron chi connectivity index (χ0n) is 8.99. The van der Waals surface area contributed by atoms with Crippen molar-refractivity contribution in [2.45, 2.75) is 31.4 Å². The van der Waals surface area contributed by atoms with Gasteiger partial charge in [0.1, 0.15) is 0 Å². The van der Waals surface area contributed by atoms with Crippen molar-refractivity contribution >= 4 is 34.9 Å². The van der Waals surface area contributed by atoms with E-state index in [2.05, 4.69) is 5.32 Å². The topological polar surface area (TPSA) is 55.1 Å². The maximum atomic E-state index is 11.5. The maximum absolute atomic E-state index is 11.5. The zero-order valence-corrected chi connectivity index (χ0v) is 10.6. The third-order valence-corrected chi connectivity index (χ3v) is 4.35. The molecule has 1 heterocycles. The van der Waals surface area contributed by atoms with Crippen molar-refractivity contribution < 1.29 is 4.79 Å². The van der Waals surface area contributed by atoms with Gasteiger partial charge in [-0.25, -0.2) is 0 Å². The Labute approximate surface area is 101 Å². The number of hydrogen-bond acceptors (Lipinski definition) is 3. The second-order valence-corrected chi connectivity index (χ2v) is 5.74. The van der Waals surface area contributed by atoms with Crippen LogP contribution in [0.25, 0.3) is 0 Å². The number of amides is 1. The summed E-state index contributed by atoms with van der Waals surface area (Å²) in [6, 6.07) is 0. The summed E-state index contributed by atoms with van der Waals surface area (Å²) >= 11 is 6.72. The van der Waals surface area contributed by atoms with Gasteiger partial charge in [0, 0.05) is 11.8 Å². The molecule has 0 radical (unpaired) electrons. The second kappa shape index (κ2) is 6.33. The molecule has 0 saturated carbocycles. The molecule has 0 spiro atoms. The first-order chi connectivity index (χ1) is 7.11. The summed E-state index contributed by atoms with van der Waals surface area (Å²) in [4.78, 5) is 11.8. The lowest BCUT2D eigenvalue weighted by Crippen LogP contribution is -2.39. The number of hydrogen-bond donors (Lipinski definition) is 2. The molecular weight excluding hydrogens is 228 g/mol. The smallest absolute Gasteiger partial charge is 0.229 e. The summed E-state index contributed by atoms with van der Waals surface area (Å²) in [5.41, 5.74) is 5.41. The maximum Gasteiger partial charge on any atom is 0.229 e. The summed E-state index contributed by atoms with van der Waals surface area (Å²) in [7, 11) is 0. The summed E-state index contributed by atoms with van der Waals surface area (Å²) in [6.07, 6.45) is 3.78. The molecule has 0 aromatic rings. The van der Waals surface area contributed by atoms with Crippen molar-refractivity contribution in [2.75, 3.05) is 12.3 Å². The van der Waals surface area contributed by atoms with Crippen molar-refractivity contribution in [1.82, 2.24) is 5.32 Å². The Kier molecular flexibility index (Phi) is 5.39. The summed E-state index contributed by atoms with van der Waals surface area (Å²) in [5, 5.41) is 3.48. The minimum Gasteiger partial charge on any atom is -0.393 e. The monoisotopic (exact) mass is 246 g/mol. The van der Waals surface area contributed by atoms with Crippen molar-refractivity contribution in [3.63, 3.8) is 0 Å². The minimum atomic E-state index is -0.353. The minimum absolute atomic E-state index is 0.0475. The van der Waals surface area contributed by atoms with E-state index in [1.807, 2.05) is 11.8 Å². The quantitative estimate of drug-likeness (QED) is 0.734. The van der Waals surface area contributed by atoms with Crippen LogP contribution >= 0.6 is 24.0 Å². The summed E-state index contributed by atoms with van der Waals surface area (Å²) < 4.78 is 0. The van der Waals surface area contributed by atoms with Gasteiger partial charge >= 0.3 is 0 Å². The molecular formula is C10H18N2OS2. The van der Waals surface area contributed by atoms with Crippen LogP contribution in [0.3, 0.4) is 0 Å². The Morgan fingerprint density at radius 1 is 1.67 bits per heavy atom. The normalized spacial score (nSPS) is 23.1. The van der Waals surface area contributed by atoms with Crippen LogP contribution in [-0.2, 0) is 4.79 Å². The average Bonchev–Trinajstić information content (AvgIpc) is 2.26. The molecule has 0 aromatic heterocycles. The van der Waals surface area contributed by atoms with E-state index in [1.54, 1.807) is 6.92 Å². The van der Waals surface area contributed by atoms with Gasteiger partial charge in [-0.15, -0.1) is 0 Å². The Bertz CT molecular complexity index is 240. The highest BCUT2D eigenvalue weighted by Crippen LogP contribution is 2.24. The van der Waals surface area contributed by atoms with Crippen molar-refractivity contribution in [2.24, 2.45) is 11.7 Å². The summed E-state index contributed by atoms with van der Waals surface area (Å²) in [5.74, 6) is 0.813. The third-order valence-electron chi connectivity index (χ3n) is 2.60. The standard InChI is InChI=1S/C10H18N2OS2/c1-7(9(11)14)10(13)12-6-8-4-2-3-5-15-8/h7-8H,2-6H2,1H3,(H2,11,14)(H,12,13). The van der Waals surface area contributed by atoms with Crippen molar-refractivity contribution in [3.05, 3.63) is 0 Å². The first kappa shape index (κ1) is 12.8. The number of carbonyl (C=O) groups excluding carboxylic acids is 1. The fourth-order valence-electron chi connectivity index (χ4n) is 1.47. The lowest BCUT2D eigenvalue weighted by atomic mass is 10.1. The molecule has 2 atom stereocenters. The van der Waals surface area contributed by atoms with E-state index < -0.39 is 0 Å². The van der Waals surface area contributed by atoms with Crippen LogP contribution in [0, 0.1) is 5.92 Å². The molecule has 5 heteroatoms. The molecule has 0 aromatic carbocycles. The predicted molar refractivity (Wildman–Crippen MR) is 69.1 cm³/mol. The first-order valence-electron chi connectivity index (χ1n) is 5.30. The fraction of sp³-hybridized carbons (Fsp3) is 0.800. The van der Waals surface area contributed by atoms with Crippen LogP contribution in [0.5, 0.6) is 0 Å². The second-order valence-electron chi connectivity index (χ2n) is 3.86. The fourth-order valence-corrected chi connectivity index (χ4v) is 2.81. The zero-order chi connectivity index (χ0) is 11.3. The van der Waals surface area contributed by atoms with Gasteiger partial charge in [0.2, 0.25) is 5.91 Å². The number of carbonyl (C=O) groups is 1. The van der Waals surface area contributed by atoms with E-state index in [0.717, 1.165) is 6.54 Å². The molecule has 1 rings (SSSR count). The first-order valence-corrected chi connectivity index (χ1v) is 6.75. The number of thiocarbonyl (C=S) groups is 1. The van der Waals surface area contributed by atoms with Gasteiger partial charge in [-0.05, 0) is 25.5 Å². The van der Waals surface area contributed by atoms with Crippen LogP contribution in [0.15, 0.2) is 0 Å². The van der Waals surface area contributed by atoms with Crippen LogP contribution in [0.4, 0.5) is 0 Å². The van der Waals surface area contributed by atoms with Crippen molar-refractivity contribution in [3.8, 4) is 0 Å². The largest absolute Gasteiger partial charge is 0.393 e. The molecule has 1 amide bonds. The molecule has 1 aliphatic rings. The molecule has 2 unspecified atom stereocenters. The van der Waals surface area contributed by atoms with Gasteiger partial charge in [0.15, 0.2) is 0 Å². The van der Waals surface area contributed by atoms with Gasteiger partial charge < -0.3 is 11.1 Å². The molecule has 0 aliphatic carbocycles. The van der Waals surface area contributed by atoms with E-state index in [-0.39, 0.29) is 16.8 Å². The Hall–Kier alpha value is -0.290. The third kappa shape index (κ3) is 4.38. The van der Waals surface area contributed by atoms with E-state index in [9.17, 15) is 4.79 Å². The lowest BCUT2D eigenvalue weighted by molar-refractivity contribution is -0.122. The van der Waals surface area contributed by atoms with Gasteiger partial charge in [0.05, 0.1) is 10.9 Å². The molecule has 86 valence electrons. The molecule has 3 N–H and O–H groups in total. The molecule has 1 fully saturated rings.